The number of nitrogens with one attached hydrogen (secondary N) is 1. The monoisotopic (exact) mass is 295 g/mol. The Kier molecular flexibility index (Phi) is 5.21. The number of hydrogen-bond acceptors (Lipinski definition) is 4. The van der Waals surface area contributed by atoms with E-state index >= 15 is 0 Å². The predicted molar refractivity (Wildman–Crippen MR) is 87.2 cm³/mol. The van der Waals surface area contributed by atoms with E-state index in [0.29, 0.717) is 6.04 Å². The van der Waals surface area contributed by atoms with Crippen molar-refractivity contribution in [2.45, 2.75) is 65.6 Å². The highest BCUT2D eigenvalue weighted by molar-refractivity contribution is 7.09. The summed E-state index contributed by atoms with van der Waals surface area (Å²) >= 11 is 1.76. The van der Waals surface area contributed by atoms with Gasteiger partial charge in [0.05, 0.1) is 10.7 Å². The highest BCUT2D eigenvalue weighted by Gasteiger charge is 2.34. The van der Waals surface area contributed by atoms with Gasteiger partial charge < -0.3 is 5.32 Å². The SMILES string of the molecule is CCC1(C)CN(Cc2csc(C)n2)C(CC(C)C)CN1. The fraction of sp³-hybridized carbons (Fsp3) is 0.812. The van der Waals surface area contributed by atoms with Gasteiger partial charge in [-0.15, -0.1) is 11.3 Å². The van der Waals surface area contributed by atoms with Crippen molar-refractivity contribution < 1.29 is 0 Å². The maximum atomic E-state index is 4.65. The predicted octanol–water partition coefficient (Wildman–Crippen LogP) is 3.44. The van der Waals surface area contributed by atoms with Gasteiger partial charge in [-0.25, -0.2) is 4.98 Å². The second-order valence-corrected chi connectivity index (χ2v) is 7.90. The summed E-state index contributed by atoms with van der Waals surface area (Å²) in [5, 5.41) is 7.15. The molecule has 2 unspecified atom stereocenters. The van der Waals surface area contributed by atoms with E-state index in [1.54, 1.807) is 11.3 Å². The zero-order valence-electron chi connectivity index (χ0n) is 13.6. The van der Waals surface area contributed by atoms with Crippen molar-refractivity contribution >= 4 is 11.3 Å². The largest absolute Gasteiger partial charge is 0.309 e. The molecule has 1 aromatic heterocycles. The molecule has 2 atom stereocenters. The van der Waals surface area contributed by atoms with E-state index < -0.39 is 0 Å². The fourth-order valence-electron chi connectivity index (χ4n) is 3.01. The average molecular weight is 295 g/mol. The standard InChI is InChI=1S/C16H29N3S/c1-6-16(5)11-19(9-14-10-20-13(4)18-14)15(8-17-16)7-12(2)3/h10,12,15,17H,6-9,11H2,1-5H3. The van der Waals surface area contributed by atoms with Gasteiger partial charge in [0.15, 0.2) is 0 Å². The molecule has 4 heteroatoms. The number of rotatable bonds is 5. The third kappa shape index (κ3) is 4.03. The summed E-state index contributed by atoms with van der Waals surface area (Å²) in [6.45, 7) is 14.6. The average Bonchev–Trinajstić information content (AvgIpc) is 2.78. The quantitative estimate of drug-likeness (QED) is 0.902. The smallest absolute Gasteiger partial charge is 0.0897 e. The van der Waals surface area contributed by atoms with Crippen LogP contribution < -0.4 is 5.32 Å². The molecule has 1 aliphatic rings. The van der Waals surface area contributed by atoms with E-state index in [4.69, 9.17) is 0 Å². The summed E-state index contributed by atoms with van der Waals surface area (Å²) in [7, 11) is 0. The third-order valence-corrected chi connectivity index (χ3v) is 5.21. The zero-order chi connectivity index (χ0) is 14.8. The number of thiazole rings is 1. The van der Waals surface area contributed by atoms with E-state index in [1.165, 1.54) is 23.5 Å². The van der Waals surface area contributed by atoms with Crippen molar-refractivity contribution in [2.24, 2.45) is 5.92 Å². The number of nitrogens with zero attached hydrogens (tertiary/aromatic N) is 2. The van der Waals surface area contributed by atoms with Gasteiger partial charge in [-0.2, -0.15) is 0 Å². The second kappa shape index (κ2) is 6.54. The summed E-state index contributed by atoms with van der Waals surface area (Å²) in [6, 6.07) is 0.636. The van der Waals surface area contributed by atoms with Gasteiger partial charge in [-0.05, 0) is 32.6 Å². The number of piperazine rings is 1. The van der Waals surface area contributed by atoms with Crippen LogP contribution in [0.1, 0.15) is 51.2 Å². The molecule has 114 valence electrons. The van der Waals surface area contributed by atoms with Crippen LogP contribution in [0.15, 0.2) is 5.38 Å². The summed E-state index contributed by atoms with van der Waals surface area (Å²) in [5.41, 5.74) is 1.49. The van der Waals surface area contributed by atoms with E-state index in [1.807, 2.05) is 0 Å². The van der Waals surface area contributed by atoms with Crippen LogP contribution in [0, 0.1) is 12.8 Å². The number of hydrogen-bond donors (Lipinski definition) is 1. The van der Waals surface area contributed by atoms with Gasteiger partial charge in [0.2, 0.25) is 0 Å². The molecule has 20 heavy (non-hydrogen) atoms. The molecule has 1 aliphatic heterocycles. The van der Waals surface area contributed by atoms with Crippen molar-refractivity contribution in [1.29, 1.82) is 0 Å². The van der Waals surface area contributed by atoms with Crippen molar-refractivity contribution in [3.63, 3.8) is 0 Å². The molecule has 1 saturated heterocycles. The highest BCUT2D eigenvalue weighted by atomic mass is 32.1. The van der Waals surface area contributed by atoms with Gasteiger partial charge in [0.25, 0.3) is 0 Å². The molecule has 1 N–H and O–H groups in total. The van der Waals surface area contributed by atoms with E-state index in [9.17, 15) is 0 Å². The maximum Gasteiger partial charge on any atom is 0.0897 e. The molecular weight excluding hydrogens is 266 g/mol. The van der Waals surface area contributed by atoms with E-state index in [0.717, 1.165) is 25.6 Å². The fourth-order valence-corrected chi connectivity index (χ4v) is 3.62. The summed E-state index contributed by atoms with van der Waals surface area (Å²) < 4.78 is 0. The Morgan fingerprint density at radius 2 is 2.30 bits per heavy atom. The van der Waals surface area contributed by atoms with Crippen molar-refractivity contribution in [2.75, 3.05) is 13.1 Å². The normalized spacial score (nSPS) is 28.2. The third-order valence-electron chi connectivity index (χ3n) is 4.39. The van der Waals surface area contributed by atoms with Crippen LogP contribution >= 0.6 is 11.3 Å². The Morgan fingerprint density at radius 1 is 1.55 bits per heavy atom. The Hall–Kier alpha value is -0.450. The minimum atomic E-state index is 0.249. The van der Waals surface area contributed by atoms with Crippen LogP contribution in [0.25, 0.3) is 0 Å². The lowest BCUT2D eigenvalue weighted by atomic mass is 9.90. The molecule has 2 rings (SSSR count). The molecule has 0 amide bonds. The Bertz CT molecular complexity index is 429. The second-order valence-electron chi connectivity index (χ2n) is 6.84. The van der Waals surface area contributed by atoms with Crippen molar-refractivity contribution in [3.8, 4) is 0 Å². The van der Waals surface area contributed by atoms with Gasteiger partial charge in [0, 0.05) is 36.6 Å². The Labute approximate surface area is 127 Å². The summed E-state index contributed by atoms with van der Waals surface area (Å²) in [6.07, 6.45) is 2.43. The van der Waals surface area contributed by atoms with Crippen LogP contribution in [-0.4, -0.2) is 34.6 Å². The molecule has 0 aliphatic carbocycles. The van der Waals surface area contributed by atoms with Crippen LogP contribution in [0.5, 0.6) is 0 Å². The van der Waals surface area contributed by atoms with Gasteiger partial charge in [-0.3, -0.25) is 4.90 Å². The highest BCUT2D eigenvalue weighted by Crippen LogP contribution is 2.24. The summed E-state index contributed by atoms with van der Waals surface area (Å²) in [4.78, 5) is 7.30. The zero-order valence-corrected chi connectivity index (χ0v) is 14.4. The molecule has 3 nitrogen and oxygen atoms in total. The molecule has 0 saturated carbocycles. The van der Waals surface area contributed by atoms with Crippen LogP contribution in [0.2, 0.25) is 0 Å². The van der Waals surface area contributed by atoms with Gasteiger partial charge >= 0.3 is 0 Å². The minimum absolute atomic E-state index is 0.249. The molecule has 0 aromatic carbocycles. The minimum Gasteiger partial charge on any atom is -0.309 e. The molecule has 0 spiro atoms. The van der Waals surface area contributed by atoms with Crippen molar-refractivity contribution in [1.82, 2.24) is 15.2 Å². The molecule has 1 aromatic rings. The van der Waals surface area contributed by atoms with Crippen LogP contribution in [0.3, 0.4) is 0 Å². The lowest BCUT2D eigenvalue weighted by Crippen LogP contribution is -2.62. The molecule has 1 fully saturated rings. The van der Waals surface area contributed by atoms with Gasteiger partial charge in [0.1, 0.15) is 0 Å². The molecule has 2 heterocycles. The molecular formula is C16H29N3S. The van der Waals surface area contributed by atoms with Crippen molar-refractivity contribution in [3.05, 3.63) is 16.1 Å². The maximum absolute atomic E-state index is 4.65. The Morgan fingerprint density at radius 3 is 2.85 bits per heavy atom. The summed E-state index contributed by atoms with van der Waals surface area (Å²) in [5.74, 6) is 0.743. The molecule has 0 bridgehead atoms. The van der Waals surface area contributed by atoms with E-state index in [-0.39, 0.29) is 5.54 Å². The first-order valence-electron chi connectivity index (χ1n) is 7.82. The first-order chi connectivity index (χ1) is 9.42. The lowest BCUT2D eigenvalue weighted by Gasteiger charge is -2.46. The molecule has 0 radical (unpaired) electrons. The first-order valence-corrected chi connectivity index (χ1v) is 8.70. The number of aromatic nitrogens is 1. The Balaban J connectivity index is 2.08. The number of aryl methyl sites for hydroxylation is 1. The topological polar surface area (TPSA) is 28.2 Å². The van der Waals surface area contributed by atoms with Crippen LogP contribution in [-0.2, 0) is 6.54 Å². The lowest BCUT2D eigenvalue weighted by molar-refractivity contribution is 0.0655. The first kappa shape index (κ1) is 15.9. The van der Waals surface area contributed by atoms with Crippen LogP contribution in [0.4, 0.5) is 0 Å². The van der Waals surface area contributed by atoms with Gasteiger partial charge in [-0.1, -0.05) is 20.8 Å². The van der Waals surface area contributed by atoms with E-state index in [2.05, 4.69) is 55.2 Å².